The predicted octanol–water partition coefficient (Wildman–Crippen LogP) is 8.01. The van der Waals surface area contributed by atoms with Gasteiger partial charge in [-0.2, -0.15) is 0 Å². The highest BCUT2D eigenvalue weighted by Gasteiger charge is 2.27. The third-order valence-electron chi connectivity index (χ3n) is 7.13. The molecule has 0 heterocycles. The molecule has 0 aromatic heterocycles. The van der Waals surface area contributed by atoms with E-state index < -0.39 is 20.0 Å². The molecule has 3 atom stereocenters. The average Bonchev–Trinajstić information content (AvgIpc) is 2.92. The minimum Gasteiger partial charge on any atom is -0.387 e. The summed E-state index contributed by atoms with van der Waals surface area (Å²) in [4.78, 5) is 21.5. The van der Waals surface area contributed by atoms with Crippen molar-refractivity contribution in [2.45, 2.75) is 135 Å². The van der Waals surface area contributed by atoms with E-state index in [0.29, 0.717) is 11.0 Å². The molecular weight excluding hydrogens is 563 g/mol. The summed E-state index contributed by atoms with van der Waals surface area (Å²) in [5, 5.41) is 13.1. The largest absolute Gasteiger partial charge is 0.472 e. The number of allylic oxidation sites excluding steroid dienone is 5. The number of phosphoric acid groups is 1. The summed E-state index contributed by atoms with van der Waals surface area (Å²) in [6.07, 6.45) is 32.7. The maximum absolute atomic E-state index is 12.2. The van der Waals surface area contributed by atoms with E-state index in [1.54, 1.807) is 6.08 Å². The Kier molecular flexibility index (Phi) is 26.3. The van der Waals surface area contributed by atoms with Crippen molar-refractivity contribution in [2.24, 2.45) is 0 Å². The Morgan fingerprint density at radius 1 is 0.767 bits per heavy atom. The first-order valence-electron chi connectivity index (χ1n) is 16.8. The quantitative estimate of drug-likeness (QED) is 0.0335. The van der Waals surface area contributed by atoms with E-state index in [4.69, 9.17) is 9.05 Å². The number of carbonyl (C=O) groups is 1. The van der Waals surface area contributed by atoms with Crippen molar-refractivity contribution in [3.8, 4) is 0 Å². The molecule has 0 fully saturated rings. The van der Waals surface area contributed by atoms with Crippen molar-refractivity contribution >= 4 is 13.7 Å². The number of hydrogen-bond donors (Lipinski definition) is 3. The number of amides is 1. The third-order valence-corrected chi connectivity index (χ3v) is 8.11. The number of rotatable bonds is 29. The van der Waals surface area contributed by atoms with Crippen LogP contribution in [0.25, 0.3) is 0 Å². The molecule has 0 saturated carbocycles. The second-order valence-corrected chi connectivity index (χ2v) is 14.1. The molecule has 3 N–H and O–H groups in total. The van der Waals surface area contributed by atoms with Crippen molar-refractivity contribution in [1.29, 1.82) is 0 Å². The van der Waals surface area contributed by atoms with Crippen LogP contribution in [0, 0.1) is 0 Å². The first-order chi connectivity index (χ1) is 20.5. The molecule has 0 spiro atoms. The van der Waals surface area contributed by atoms with Gasteiger partial charge in [-0.1, -0.05) is 114 Å². The molecule has 0 aromatic carbocycles. The number of aliphatic hydroxyl groups is 1. The summed E-state index contributed by atoms with van der Waals surface area (Å²) >= 11 is 0. The maximum Gasteiger partial charge on any atom is 0.472 e. The predicted molar refractivity (Wildman–Crippen MR) is 180 cm³/mol. The molecule has 3 unspecified atom stereocenters. The van der Waals surface area contributed by atoms with Gasteiger partial charge >= 0.3 is 7.82 Å². The lowest BCUT2D eigenvalue weighted by molar-refractivity contribution is -0.870. The van der Waals surface area contributed by atoms with E-state index in [-0.39, 0.29) is 19.1 Å². The normalized spacial score (nSPS) is 15.4. The summed E-state index contributed by atoms with van der Waals surface area (Å²) in [7, 11) is 1.53. The minimum atomic E-state index is -4.30. The summed E-state index contributed by atoms with van der Waals surface area (Å²) in [5.41, 5.74) is 0. The van der Waals surface area contributed by atoms with E-state index in [9.17, 15) is 19.4 Å². The molecule has 0 rings (SSSR count). The fourth-order valence-electron chi connectivity index (χ4n) is 4.46. The first kappa shape index (κ1) is 41.7. The summed E-state index contributed by atoms with van der Waals surface area (Å²) in [5.74, 6) is -0.370. The van der Waals surface area contributed by atoms with E-state index in [1.807, 2.05) is 27.2 Å². The molecule has 0 aliphatic rings. The third kappa shape index (κ3) is 30.5. The molecule has 0 aromatic rings. The molecule has 0 aliphatic carbocycles. The summed E-state index contributed by atoms with van der Waals surface area (Å²) in [6.45, 7) is 3.82. The lowest BCUT2D eigenvalue weighted by Crippen LogP contribution is -2.44. The van der Waals surface area contributed by atoms with Crippen LogP contribution in [0.15, 0.2) is 36.5 Å². The molecular formula is C34H66N2O6P+. The molecule has 252 valence electrons. The number of likely N-dealkylation sites (N-methyl/N-ethyl adjacent to an activating group) is 1. The van der Waals surface area contributed by atoms with Crippen molar-refractivity contribution < 1.29 is 32.9 Å². The number of carbonyl (C=O) groups excluding carboxylic acids is 1. The molecule has 0 bridgehead atoms. The van der Waals surface area contributed by atoms with Crippen molar-refractivity contribution in [1.82, 2.24) is 5.32 Å². The van der Waals surface area contributed by atoms with Gasteiger partial charge in [0.2, 0.25) is 5.91 Å². The second-order valence-electron chi connectivity index (χ2n) is 12.6. The molecule has 0 radical (unpaired) electrons. The zero-order valence-electron chi connectivity index (χ0n) is 28.2. The van der Waals surface area contributed by atoms with Crippen LogP contribution in [0.4, 0.5) is 0 Å². The Morgan fingerprint density at radius 3 is 1.72 bits per heavy atom. The van der Waals surface area contributed by atoms with Gasteiger partial charge in [0.15, 0.2) is 0 Å². The minimum absolute atomic E-state index is 0.0494. The van der Waals surface area contributed by atoms with Crippen LogP contribution in [-0.4, -0.2) is 73.4 Å². The van der Waals surface area contributed by atoms with Gasteiger partial charge in [0.25, 0.3) is 0 Å². The number of unbranched alkanes of at least 4 members (excludes halogenated alkanes) is 14. The summed E-state index contributed by atoms with van der Waals surface area (Å²) < 4.78 is 22.8. The standard InChI is InChI=1S/C34H65N2O6P/c1-6-7-8-9-10-11-12-13-14-15-16-17-18-19-20-21-22-23-24-25-26-27-28-34(38)33(35-32(2)37)31-42-43(39,40)41-30-29-36(3,4)5/h19-20,23-24,27-28,33-34,38H,6-18,21-22,25-26,29-31H2,1-5H3,(H-,35,37,39,40)/p+1/b20-19+,24-23+,28-27+. The van der Waals surface area contributed by atoms with Gasteiger partial charge < -0.3 is 19.8 Å². The van der Waals surface area contributed by atoms with Crippen LogP contribution < -0.4 is 5.32 Å². The Bertz CT molecular complexity index is 809. The highest BCUT2D eigenvalue weighted by molar-refractivity contribution is 7.47. The van der Waals surface area contributed by atoms with Gasteiger partial charge in [-0.15, -0.1) is 0 Å². The van der Waals surface area contributed by atoms with E-state index in [1.165, 1.54) is 90.4 Å². The van der Waals surface area contributed by atoms with Crippen LogP contribution in [0.5, 0.6) is 0 Å². The SMILES string of the molecule is CCCCCCCCCCCCCC/C=C/CC/C=C/CC/C=C/C(O)C(COP(=O)(O)OCC[N+](C)(C)C)NC(C)=O. The average molecular weight is 630 g/mol. The highest BCUT2D eigenvalue weighted by atomic mass is 31.2. The van der Waals surface area contributed by atoms with Gasteiger partial charge in [0.05, 0.1) is 39.9 Å². The van der Waals surface area contributed by atoms with Crippen LogP contribution in [0.1, 0.15) is 123 Å². The van der Waals surface area contributed by atoms with Crippen molar-refractivity contribution in [3.63, 3.8) is 0 Å². The fourth-order valence-corrected chi connectivity index (χ4v) is 5.19. The fraction of sp³-hybridized carbons (Fsp3) is 0.794. The maximum atomic E-state index is 12.2. The zero-order chi connectivity index (χ0) is 32.2. The molecule has 1 amide bonds. The van der Waals surface area contributed by atoms with Gasteiger partial charge in [0.1, 0.15) is 13.2 Å². The van der Waals surface area contributed by atoms with Gasteiger partial charge in [-0.25, -0.2) is 4.57 Å². The summed E-state index contributed by atoms with van der Waals surface area (Å²) in [6, 6.07) is -0.867. The molecule has 43 heavy (non-hydrogen) atoms. The number of hydrogen-bond acceptors (Lipinski definition) is 5. The van der Waals surface area contributed by atoms with Crippen LogP contribution in [0.3, 0.4) is 0 Å². The smallest absolute Gasteiger partial charge is 0.387 e. The monoisotopic (exact) mass is 629 g/mol. The topological polar surface area (TPSA) is 105 Å². The van der Waals surface area contributed by atoms with Crippen LogP contribution in [0.2, 0.25) is 0 Å². The molecule has 0 saturated heterocycles. The second kappa shape index (κ2) is 27.1. The number of phosphoric ester groups is 1. The van der Waals surface area contributed by atoms with Gasteiger partial charge in [-0.3, -0.25) is 13.8 Å². The highest BCUT2D eigenvalue weighted by Crippen LogP contribution is 2.43. The lowest BCUT2D eigenvalue weighted by atomic mass is 10.0. The molecule has 9 heteroatoms. The first-order valence-corrected chi connectivity index (χ1v) is 18.3. The lowest BCUT2D eigenvalue weighted by Gasteiger charge is -2.25. The van der Waals surface area contributed by atoms with Crippen molar-refractivity contribution in [3.05, 3.63) is 36.5 Å². The Morgan fingerprint density at radius 2 is 1.23 bits per heavy atom. The van der Waals surface area contributed by atoms with E-state index >= 15 is 0 Å². The number of quaternary nitrogens is 1. The number of nitrogens with one attached hydrogen (secondary N) is 1. The molecule has 0 aliphatic heterocycles. The van der Waals surface area contributed by atoms with E-state index in [0.717, 1.165) is 25.7 Å². The van der Waals surface area contributed by atoms with Gasteiger partial charge in [-0.05, 0) is 38.5 Å². The number of nitrogens with zero attached hydrogens (tertiary/aromatic N) is 1. The Balaban J connectivity index is 3.96. The molecule has 8 nitrogen and oxygen atoms in total. The van der Waals surface area contributed by atoms with Crippen LogP contribution in [-0.2, 0) is 18.4 Å². The zero-order valence-corrected chi connectivity index (χ0v) is 29.1. The van der Waals surface area contributed by atoms with E-state index in [2.05, 4.69) is 36.5 Å². The Labute approximate surface area is 264 Å². The Hall–Kier alpha value is -1.28. The van der Waals surface area contributed by atoms with Crippen molar-refractivity contribution in [2.75, 3.05) is 40.9 Å². The van der Waals surface area contributed by atoms with Gasteiger partial charge in [0, 0.05) is 6.92 Å². The van der Waals surface area contributed by atoms with Crippen LogP contribution >= 0.6 is 7.82 Å². The number of aliphatic hydroxyl groups excluding tert-OH is 1.